The van der Waals surface area contributed by atoms with Crippen molar-refractivity contribution in [1.82, 2.24) is 10.3 Å². The fraction of sp³-hybridized carbons (Fsp3) is 0.636. The minimum atomic E-state index is -0.00664. The number of hydrogen-bond acceptors (Lipinski definition) is 4. The summed E-state index contributed by atoms with van der Waals surface area (Å²) in [6.07, 6.45) is 3.48. The zero-order valence-corrected chi connectivity index (χ0v) is 10.6. The van der Waals surface area contributed by atoms with E-state index in [-0.39, 0.29) is 17.9 Å². The fourth-order valence-corrected chi connectivity index (χ4v) is 2.07. The smallest absolute Gasteiger partial charge is 0.223 e. The summed E-state index contributed by atoms with van der Waals surface area (Å²) in [6.45, 7) is 4.52. The van der Waals surface area contributed by atoms with E-state index in [1.807, 2.05) is 19.2 Å². The van der Waals surface area contributed by atoms with Crippen molar-refractivity contribution >= 4 is 17.2 Å². The number of nitrogens with two attached hydrogens (primary N) is 1. The Morgan fingerprint density at radius 1 is 1.62 bits per heavy atom. The number of carbonyl (C=O) groups is 1. The summed E-state index contributed by atoms with van der Waals surface area (Å²) in [5, 5.41) is 5.82. The van der Waals surface area contributed by atoms with E-state index in [0.717, 1.165) is 17.8 Å². The molecule has 0 fully saturated rings. The summed E-state index contributed by atoms with van der Waals surface area (Å²) >= 11 is 1.56. The van der Waals surface area contributed by atoms with Gasteiger partial charge in [0, 0.05) is 17.5 Å². The van der Waals surface area contributed by atoms with Crippen LogP contribution in [0, 0.1) is 5.92 Å². The van der Waals surface area contributed by atoms with Crippen LogP contribution in [0.1, 0.15) is 37.7 Å². The molecule has 0 radical (unpaired) electrons. The number of rotatable bonds is 6. The first kappa shape index (κ1) is 13.1. The van der Waals surface area contributed by atoms with Crippen LogP contribution < -0.4 is 11.1 Å². The molecule has 3 N–H and O–H groups in total. The van der Waals surface area contributed by atoms with Gasteiger partial charge in [-0.2, -0.15) is 0 Å². The van der Waals surface area contributed by atoms with E-state index in [2.05, 4.69) is 10.3 Å². The van der Waals surface area contributed by atoms with Gasteiger partial charge >= 0.3 is 0 Å². The van der Waals surface area contributed by atoms with E-state index in [4.69, 9.17) is 5.73 Å². The van der Waals surface area contributed by atoms with Gasteiger partial charge in [-0.05, 0) is 26.3 Å². The van der Waals surface area contributed by atoms with Crippen molar-refractivity contribution in [2.45, 2.75) is 32.7 Å². The van der Waals surface area contributed by atoms with Crippen LogP contribution >= 0.6 is 11.3 Å². The monoisotopic (exact) mass is 241 g/mol. The maximum Gasteiger partial charge on any atom is 0.223 e. The summed E-state index contributed by atoms with van der Waals surface area (Å²) < 4.78 is 0. The van der Waals surface area contributed by atoms with E-state index in [1.165, 1.54) is 0 Å². The van der Waals surface area contributed by atoms with Crippen LogP contribution in [0.5, 0.6) is 0 Å². The number of nitrogens with one attached hydrogen (secondary N) is 1. The highest BCUT2D eigenvalue weighted by Crippen LogP contribution is 2.16. The zero-order chi connectivity index (χ0) is 12.0. The second-order valence-corrected chi connectivity index (χ2v) is 4.86. The average Bonchev–Trinajstić information content (AvgIpc) is 2.79. The summed E-state index contributed by atoms with van der Waals surface area (Å²) in [7, 11) is 0. The molecule has 1 amide bonds. The van der Waals surface area contributed by atoms with Gasteiger partial charge in [-0.15, -0.1) is 11.3 Å². The molecule has 1 aromatic rings. The highest BCUT2D eigenvalue weighted by atomic mass is 32.1. The lowest BCUT2D eigenvalue weighted by molar-refractivity contribution is -0.125. The second-order valence-electron chi connectivity index (χ2n) is 3.93. The lowest BCUT2D eigenvalue weighted by Crippen LogP contribution is -2.31. The Bertz CT molecular complexity index is 313. The van der Waals surface area contributed by atoms with Gasteiger partial charge < -0.3 is 11.1 Å². The number of thiazole rings is 1. The number of amides is 1. The molecule has 0 aliphatic rings. The van der Waals surface area contributed by atoms with E-state index >= 15 is 0 Å². The summed E-state index contributed by atoms with van der Waals surface area (Å²) in [4.78, 5) is 16.0. The first-order valence-electron chi connectivity index (χ1n) is 5.55. The molecule has 1 rings (SSSR count). The molecule has 2 unspecified atom stereocenters. The van der Waals surface area contributed by atoms with Gasteiger partial charge in [-0.1, -0.05) is 6.92 Å². The van der Waals surface area contributed by atoms with Crippen LogP contribution in [0.2, 0.25) is 0 Å². The third-order valence-electron chi connectivity index (χ3n) is 2.47. The van der Waals surface area contributed by atoms with Gasteiger partial charge in [-0.25, -0.2) is 4.98 Å². The third kappa shape index (κ3) is 3.90. The predicted octanol–water partition coefficient (Wildman–Crippen LogP) is 1.70. The molecule has 0 bridgehead atoms. The van der Waals surface area contributed by atoms with Gasteiger partial charge in [0.1, 0.15) is 5.01 Å². The molecule has 0 saturated carbocycles. The van der Waals surface area contributed by atoms with Crippen molar-refractivity contribution in [1.29, 1.82) is 0 Å². The molecule has 2 atom stereocenters. The highest BCUT2D eigenvalue weighted by Gasteiger charge is 2.16. The Morgan fingerprint density at radius 3 is 2.94 bits per heavy atom. The minimum Gasteiger partial charge on any atom is -0.347 e. The predicted molar refractivity (Wildman–Crippen MR) is 66.1 cm³/mol. The lowest BCUT2D eigenvalue weighted by atomic mass is 10.0. The molecule has 0 aliphatic heterocycles. The van der Waals surface area contributed by atoms with E-state index in [1.54, 1.807) is 17.5 Å². The first-order valence-corrected chi connectivity index (χ1v) is 6.43. The van der Waals surface area contributed by atoms with Crippen LogP contribution in [-0.2, 0) is 4.79 Å². The summed E-state index contributed by atoms with van der Waals surface area (Å²) in [5.74, 6) is 0.0992. The normalized spacial score (nSPS) is 14.4. The maximum absolute atomic E-state index is 11.8. The SMILES string of the molecule is CC(CCCN)C(=O)NC(C)c1nccs1. The molecule has 0 saturated heterocycles. The largest absolute Gasteiger partial charge is 0.347 e. The minimum absolute atomic E-state index is 0.00664. The Balaban J connectivity index is 2.39. The Hall–Kier alpha value is -0.940. The van der Waals surface area contributed by atoms with Crippen molar-refractivity contribution in [3.8, 4) is 0 Å². The van der Waals surface area contributed by atoms with E-state index < -0.39 is 0 Å². The van der Waals surface area contributed by atoms with Crippen molar-refractivity contribution in [3.63, 3.8) is 0 Å². The third-order valence-corrected chi connectivity index (χ3v) is 3.43. The van der Waals surface area contributed by atoms with Crippen LogP contribution in [0.15, 0.2) is 11.6 Å². The topological polar surface area (TPSA) is 68.0 Å². The summed E-state index contributed by atoms with van der Waals surface area (Å²) in [5.41, 5.74) is 5.42. The number of nitrogens with zero attached hydrogens (tertiary/aromatic N) is 1. The standard InChI is InChI=1S/C11H19N3OS/c1-8(4-3-5-12)10(15)14-9(2)11-13-6-7-16-11/h6-9H,3-5,12H2,1-2H3,(H,14,15). The van der Waals surface area contributed by atoms with Crippen LogP contribution in [-0.4, -0.2) is 17.4 Å². The molecule has 0 aliphatic carbocycles. The Labute approximate surface area is 100 Å². The fourth-order valence-electron chi connectivity index (χ4n) is 1.42. The molecule has 16 heavy (non-hydrogen) atoms. The van der Waals surface area contributed by atoms with Crippen molar-refractivity contribution in [3.05, 3.63) is 16.6 Å². The molecule has 0 spiro atoms. The highest BCUT2D eigenvalue weighted by molar-refractivity contribution is 7.09. The second kappa shape index (κ2) is 6.60. The summed E-state index contributed by atoms with van der Waals surface area (Å²) in [6, 6.07) is -0.00664. The average molecular weight is 241 g/mol. The van der Waals surface area contributed by atoms with Crippen LogP contribution in [0.25, 0.3) is 0 Å². The zero-order valence-electron chi connectivity index (χ0n) is 9.77. The Kier molecular flexibility index (Phi) is 5.42. The molecule has 90 valence electrons. The van der Waals surface area contributed by atoms with Crippen molar-refractivity contribution in [2.24, 2.45) is 11.7 Å². The number of hydrogen-bond donors (Lipinski definition) is 2. The van der Waals surface area contributed by atoms with Gasteiger partial charge in [0.2, 0.25) is 5.91 Å². The van der Waals surface area contributed by atoms with Gasteiger partial charge in [0.05, 0.1) is 6.04 Å². The van der Waals surface area contributed by atoms with E-state index in [9.17, 15) is 4.79 Å². The number of aromatic nitrogens is 1. The first-order chi connectivity index (χ1) is 7.65. The maximum atomic E-state index is 11.8. The van der Waals surface area contributed by atoms with Crippen molar-refractivity contribution in [2.75, 3.05) is 6.54 Å². The van der Waals surface area contributed by atoms with E-state index in [0.29, 0.717) is 6.54 Å². The molecular weight excluding hydrogens is 222 g/mol. The molecule has 1 aromatic heterocycles. The molecule has 1 heterocycles. The molecule has 4 nitrogen and oxygen atoms in total. The van der Waals surface area contributed by atoms with Crippen molar-refractivity contribution < 1.29 is 4.79 Å². The number of carbonyl (C=O) groups excluding carboxylic acids is 1. The van der Waals surface area contributed by atoms with Crippen LogP contribution in [0.3, 0.4) is 0 Å². The Morgan fingerprint density at radius 2 is 2.38 bits per heavy atom. The molecule has 5 heteroatoms. The van der Waals surface area contributed by atoms with Crippen LogP contribution in [0.4, 0.5) is 0 Å². The quantitative estimate of drug-likeness (QED) is 0.796. The van der Waals surface area contributed by atoms with Gasteiger partial charge in [0.25, 0.3) is 0 Å². The van der Waals surface area contributed by atoms with Gasteiger partial charge in [-0.3, -0.25) is 4.79 Å². The molecular formula is C11H19N3OS. The lowest BCUT2D eigenvalue weighted by Gasteiger charge is -2.15. The molecule has 0 aromatic carbocycles. The van der Waals surface area contributed by atoms with Gasteiger partial charge in [0.15, 0.2) is 0 Å².